The van der Waals surface area contributed by atoms with Gasteiger partial charge in [0.05, 0.1) is 6.42 Å². The zero-order chi connectivity index (χ0) is 11.3. The van der Waals surface area contributed by atoms with E-state index in [9.17, 15) is 14.9 Å². The number of aliphatic carboxylic acids is 1. The van der Waals surface area contributed by atoms with Crippen molar-refractivity contribution >= 4 is 5.97 Å². The topological polar surface area (TPSA) is 89.7 Å². The third-order valence-corrected chi connectivity index (χ3v) is 1.71. The van der Waals surface area contributed by atoms with Crippen LogP contribution < -0.4 is 0 Å². The number of hydrogen-bond donors (Lipinski definition) is 1. The predicted molar refractivity (Wildman–Crippen MR) is 49.6 cm³/mol. The molecule has 0 atom stereocenters. The fourth-order valence-corrected chi connectivity index (χ4v) is 1.06. The number of carboxylic acid groups (broad SMARTS) is 1. The number of hydrogen-bond acceptors (Lipinski definition) is 4. The number of carboxylic acids is 1. The van der Waals surface area contributed by atoms with Crippen LogP contribution in [-0.4, -0.2) is 16.2 Å². The lowest BCUT2D eigenvalue weighted by atomic mass is 10.1. The van der Waals surface area contributed by atoms with Gasteiger partial charge in [0, 0.05) is 0 Å². The zero-order valence-electron chi connectivity index (χ0n) is 7.75. The lowest BCUT2D eigenvalue weighted by Gasteiger charge is -2.01. The van der Waals surface area contributed by atoms with Crippen LogP contribution in [-0.2, 0) is 22.7 Å². The van der Waals surface area contributed by atoms with E-state index in [-0.39, 0.29) is 13.0 Å². The van der Waals surface area contributed by atoms with Gasteiger partial charge in [-0.15, -0.1) is 10.1 Å². The van der Waals surface area contributed by atoms with Gasteiger partial charge in [-0.05, 0) is 11.1 Å². The second-order valence-corrected chi connectivity index (χ2v) is 2.88. The van der Waals surface area contributed by atoms with Crippen LogP contribution in [0.15, 0.2) is 24.3 Å². The first-order chi connectivity index (χ1) is 7.08. The van der Waals surface area contributed by atoms with Crippen LogP contribution in [0, 0.1) is 10.1 Å². The monoisotopic (exact) mass is 211 g/mol. The largest absolute Gasteiger partial charge is 0.481 e. The number of benzene rings is 1. The van der Waals surface area contributed by atoms with Gasteiger partial charge in [-0.3, -0.25) is 4.79 Å². The van der Waals surface area contributed by atoms with Crippen molar-refractivity contribution in [2.75, 3.05) is 0 Å². The van der Waals surface area contributed by atoms with E-state index in [1.807, 2.05) is 0 Å². The third kappa shape index (κ3) is 4.08. The van der Waals surface area contributed by atoms with Crippen LogP contribution in [0.1, 0.15) is 11.1 Å². The Hall–Kier alpha value is -2.11. The molecule has 1 rings (SSSR count). The van der Waals surface area contributed by atoms with Crippen molar-refractivity contribution in [3.63, 3.8) is 0 Å². The van der Waals surface area contributed by atoms with Gasteiger partial charge in [-0.2, -0.15) is 0 Å². The van der Waals surface area contributed by atoms with Crippen LogP contribution in [0.4, 0.5) is 0 Å². The highest BCUT2D eigenvalue weighted by molar-refractivity contribution is 5.70. The first-order valence-electron chi connectivity index (χ1n) is 4.15. The normalized spacial score (nSPS) is 9.60. The van der Waals surface area contributed by atoms with E-state index in [1.54, 1.807) is 24.3 Å². The minimum Gasteiger partial charge on any atom is -0.481 e. The average Bonchev–Trinajstić information content (AvgIpc) is 2.16. The van der Waals surface area contributed by atoms with Crippen LogP contribution >= 0.6 is 0 Å². The van der Waals surface area contributed by atoms with Gasteiger partial charge in [-0.25, -0.2) is 0 Å². The van der Waals surface area contributed by atoms with Crippen LogP contribution in [0.5, 0.6) is 0 Å². The van der Waals surface area contributed by atoms with E-state index >= 15 is 0 Å². The summed E-state index contributed by atoms with van der Waals surface area (Å²) in [7, 11) is 0. The Morgan fingerprint density at radius 3 is 2.33 bits per heavy atom. The van der Waals surface area contributed by atoms with E-state index in [4.69, 9.17) is 5.11 Å². The summed E-state index contributed by atoms with van der Waals surface area (Å²) in [4.78, 5) is 24.4. The summed E-state index contributed by atoms with van der Waals surface area (Å²) >= 11 is 0. The molecule has 0 aliphatic carbocycles. The van der Waals surface area contributed by atoms with Crippen LogP contribution in [0.2, 0.25) is 0 Å². The Labute approximate surface area is 85.2 Å². The highest BCUT2D eigenvalue weighted by Gasteiger charge is 2.01. The molecule has 1 aromatic carbocycles. The highest BCUT2D eigenvalue weighted by atomic mass is 16.9. The van der Waals surface area contributed by atoms with Crippen LogP contribution in [0.25, 0.3) is 0 Å². The van der Waals surface area contributed by atoms with Gasteiger partial charge >= 0.3 is 5.97 Å². The molecule has 0 amide bonds. The molecule has 0 aliphatic rings. The third-order valence-electron chi connectivity index (χ3n) is 1.71. The first kappa shape index (κ1) is 11.0. The molecule has 0 spiro atoms. The zero-order valence-corrected chi connectivity index (χ0v) is 7.75. The maximum absolute atomic E-state index is 10.4. The summed E-state index contributed by atoms with van der Waals surface area (Å²) in [6.07, 6.45) is -0.0592. The Bertz CT molecular complexity index is 359. The number of rotatable bonds is 5. The highest BCUT2D eigenvalue weighted by Crippen LogP contribution is 2.06. The van der Waals surface area contributed by atoms with E-state index in [0.717, 1.165) is 0 Å². The van der Waals surface area contributed by atoms with Gasteiger partial charge in [-0.1, -0.05) is 24.3 Å². The van der Waals surface area contributed by atoms with Crippen molar-refractivity contribution in [1.29, 1.82) is 0 Å². The molecule has 6 heteroatoms. The second-order valence-electron chi connectivity index (χ2n) is 2.88. The van der Waals surface area contributed by atoms with Crippen molar-refractivity contribution in [3.05, 3.63) is 45.5 Å². The summed E-state index contributed by atoms with van der Waals surface area (Å²) in [6.45, 7) is -0.125. The molecule has 6 nitrogen and oxygen atoms in total. The molecule has 15 heavy (non-hydrogen) atoms. The minimum atomic E-state index is -0.913. The van der Waals surface area contributed by atoms with Crippen molar-refractivity contribution in [1.82, 2.24) is 0 Å². The Kier molecular flexibility index (Phi) is 3.61. The fraction of sp³-hybridized carbons (Fsp3) is 0.222. The molecular formula is C9H9NO5. The van der Waals surface area contributed by atoms with Crippen molar-refractivity contribution in [2.24, 2.45) is 0 Å². The Morgan fingerprint density at radius 2 is 1.87 bits per heavy atom. The van der Waals surface area contributed by atoms with Crippen molar-refractivity contribution in [2.45, 2.75) is 13.0 Å². The summed E-state index contributed by atoms with van der Waals surface area (Å²) in [6, 6.07) is 6.41. The standard InChI is InChI=1S/C9H9NO5/c11-9(12)5-7-1-3-8(4-2-7)6-15-10(13)14/h1-4H,5-6H2,(H,11,12). The molecule has 0 heterocycles. The summed E-state index contributed by atoms with van der Waals surface area (Å²) < 4.78 is 0. The minimum absolute atomic E-state index is 0.0592. The first-order valence-corrected chi connectivity index (χ1v) is 4.15. The maximum Gasteiger partial charge on any atom is 0.307 e. The molecule has 0 bridgehead atoms. The molecule has 1 N–H and O–H groups in total. The molecule has 0 aliphatic heterocycles. The molecular weight excluding hydrogens is 202 g/mol. The molecule has 1 aromatic rings. The fourth-order valence-electron chi connectivity index (χ4n) is 1.06. The van der Waals surface area contributed by atoms with Crippen LogP contribution in [0.3, 0.4) is 0 Å². The van der Waals surface area contributed by atoms with E-state index in [0.29, 0.717) is 11.1 Å². The molecule has 0 fully saturated rings. The lowest BCUT2D eigenvalue weighted by Crippen LogP contribution is -2.02. The van der Waals surface area contributed by atoms with E-state index < -0.39 is 11.1 Å². The molecule has 0 radical (unpaired) electrons. The predicted octanol–water partition coefficient (Wildman–Crippen LogP) is 1.02. The summed E-state index contributed by atoms with van der Waals surface area (Å²) in [5.41, 5.74) is 1.27. The Morgan fingerprint density at radius 1 is 1.33 bits per heavy atom. The van der Waals surface area contributed by atoms with Gasteiger partial charge in [0.15, 0.2) is 0 Å². The SMILES string of the molecule is O=C(O)Cc1ccc(CO[N+](=O)[O-])cc1. The molecule has 0 aromatic heterocycles. The Balaban J connectivity index is 2.56. The summed E-state index contributed by atoms with van der Waals surface area (Å²) in [5.74, 6) is -0.913. The van der Waals surface area contributed by atoms with Gasteiger partial charge < -0.3 is 9.94 Å². The summed E-state index contributed by atoms with van der Waals surface area (Å²) in [5, 5.41) is 17.5. The second kappa shape index (κ2) is 4.94. The van der Waals surface area contributed by atoms with Gasteiger partial charge in [0.2, 0.25) is 0 Å². The number of nitrogens with zero attached hydrogens (tertiary/aromatic N) is 1. The maximum atomic E-state index is 10.4. The molecule has 0 unspecified atom stereocenters. The van der Waals surface area contributed by atoms with Crippen molar-refractivity contribution in [3.8, 4) is 0 Å². The van der Waals surface area contributed by atoms with Gasteiger partial charge in [0.25, 0.3) is 5.09 Å². The van der Waals surface area contributed by atoms with E-state index in [1.165, 1.54) is 0 Å². The molecule has 0 saturated carbocycles. The average molecular weight is 211 g/mol. The quantitative estimate of drug-likeness (QED) is 0.580. The molecule has 0 saturated heterocycles. The van der Waals surface area contributed by atoms with Crippen molar-refractivity contribution < 1.29 is 19.8 Å². The van der Waals surface area contributed by atoms with E-state index in [2.05, 4.69) is 4.84 Å². The smallest absolute Gasteiger partial charge is 0.307 e. The number of carbonyl (C=O) groups is 1. The van der Waals surface area contributed by atoms with Gasteiger partial charge in [0.1, 0.15) is 6.61 Å². The lowest BCUT2D eigenvalue weighted by molar-refractivity contribution is -0.763. The molecule has 80 valence electrons.